The van der Waals surface area contributed by atoms with Gasteiger partial charge in [0.2, 0.25) is 0 Å². The van der Waals surface area contributed by atoms with Crippen LogP contribution in [0, 0.1) is 5.82 Å². The average molecular weight is 241 g/mol. The normalized spacial score (nSPS) is 19.1. The van der Waals surface area contributed by atoms with E-state index in [-0.39, 0.29) is 25.9 Å². The third-order valence-electron chi connectivity index (χ3n) is 3.19. The Bertz CT molecular complexity index is 411. The van der Waals surface area contributed by atoms with Crippen LogP contribution in [0.5, 0.6) is 0 Å². The molecule has 1 aliphatic heterocycles. The van der Waals surface area contributed by atoms with Crippen molar-refractivity contribution in [1.82, 2.24) is 4.90 Å². The minimum atomic E-state index is -1.54. The summed E-state index contributed by atoms with van der Waals surface area (Å²) < 4.78 is 27.3. The van der Waals surface area contributed by atoms with Crippen LogP contribution in [0.4, 0.5) is 13.6 Å². The van der Waals surface area contributed by atoms with Gasteiger partial charge in [0.25, 0.3) is 0 Å². The lowest BCUT2D eigenvalue weighted by atomic mass is 9.86. The lowest BCUT2D eigenvalue weighted by molar-refractivity contribution is 0.0551. The van der Waals surface area contributed by atoms with Gasteiger partial charge in [-0.1, -0.05) is 12.1 Å². The fourth-order valence-corrected chi connectivity index (χ4v) is 2.09. The molecule has 3 nitrogen and oxygen atoms in total. The highest BCUT2D eigenvalue weighted by atomic mass is 19.1. The fraction of sp³-hybridized carbons (Fsp3) is 0.417. The quantitative estimate of drug-likeness (QED) is 0.821. The molecule has 0 spiro atoms. The lowest BCUT2D eigenvalue weighted by Gasteiger charge is -2.35. The van der Waals surface area contributed by atoms with Crippen molar-refractivity contribution in [2.45, 2.75) is 18.5 Å². The third-order valence-corrected chi connectivity index (χ3v) is 3.19. The number of alkyl halides is 1. The molecule has 1 N–H and O–H groups in total. The van der Waals surface area contributed by atoms with Crippen LogP contribution in [0.3, 0.4) is 0 Å². The Morgan fingerprint density at radius 3 is 2.24 bits per heavy atom. The maximum atomic E-state index is 14.5. The molecule has 0 radical (unpaired) electrons. The Balaban J connectivity index is 2.11. The SMILES string of the molecule is O=C(O)N1CCC(F)(c2ccc(F)cc2)CC1. The van der Waals surface area contributed by atoms with Gasteiger partial charge in [0.05, 0.1) is 0 Å². The highest BCUT2D eigenvalue weighted by Gasteiger charge is 2.37. The van der Waals surface area contributed by atoms with Crippen LogP contribution >= 0.6 is 0 Å². The lowest BCUT2D eigenvalue weighted by Crippen LogP contribution is -2.42. The largest absolute Gasteiger partial charge is 0.465 e. The number of carboxylic acid groups (broad SMARTS) is 1. The zero-order valence-corrected chi connectivity index (χ0v) is 9.20. The number of hydrogen-bond donors (Lipinski definition) is 1. The smallest absolute Gasteiger partial charge is 0.407 e. The molecule has 1 aromatic rings. The summed E-state index contributed by atoms with van der Waals surface area (Å²) in [5, 5.41) is 8.77. The molecule has 1 amide bonds. The van der Waals surface area contributed by atoms with Crippen LogP contribution in [0.25, 0.3) is 0 Å². The Labute approximate surface area is 97.7 Å². The van der Waals surface area contributed by atoms with E-state index in [9.17, 15) is 13.6 Å². The van der Waals surface area contributed by atoms with E-state index in [4.69, 9.17) is 5.11 Å². The molecular weight excluding hydrogens is 228 g/mol. The van der Waals surface area contributed by atoms with Crippen LogP contribution in [0.15, 0.2) is 24.3 Å². The minimum absolute atomic E-state index is 0.116. The van der Waals surface area contributed by atoms with Crippen molar-refractivity contribution in [2.75, 3.05) is 13.1 Å². The maximum Gasteiger partial charge on any atom is 0.407 e. The molecule has 5 heteroatoms. The van der Waals surface area contributed by atoms with Crippen molar-refractivity contribution in [3.05, 3.63) is 35.6 Å². The van der Waals surface area contributed by atoms with Crippen molar-refractivity contribution in [3.8, 4) is 0 Å². The van der Waals surface area contributed by atoms with Gasteiger partial charge in [0, 0.05) is 25.9 Å². The van der Waals surface area contributed by atoms with E-state index in [0.29, 0.717) is 5.56 Å². The van der Waals surface area contributed by atoms with Crippen molar-refractivity contribution >= 4 is 6.09 Å². The summed E-state index contributed by atoms with van der Waals surface area (Å²) >= 11 is 0. The zero-order valence-electron chi connectivity index (χ0n) is 9.20. The van der Waals surface area contributed by atoms with Crippen LogP contribution in [-0.4, -0.2) is 29.2 Å². The topological polar surface area (TPSA) is 40.5 Å². The number of benzene rings is 1. The minimum Gasteiger partial charge on any atom is -0.465 e. The Morgan fingerprint density at radius 1 is 1.24 bits per heavy atom. The molecule has 0 atom stereocenters. The number of piperidine rings is 1. The molecule has 0 bridgehead atoms. The second kappa shape index (κ2) is 4.31. The predicted octanol–water partition coefficient (Wildman–Crippen LogP) is 2.76. The molecule has 0 aliphatic carbocycles. The summed E-state index contributed by atoms with van der Waals surface area (Å²) in [5.74, 6) is -0.402. The molecule has 1 fully saturated rings. The molecule has 0 saturated carbocycles. The van der Waals surface area contributed by atoms with Gasteiger partial charge in [-0.3, -0.25) is 0 Å². The molecule has 1 saturated heterocycles. The molecule has 2 rings (SSSR count). The summed E-state index contributed by atoms with van der Waals surface area (Å²) in [6.07, 6.45) is -0.790. The van der Waals surface area contributed by atoms with E-state index in [2.05, 4.69) is 0 Å². The van der Waals surface area contributed by atoms with Crippen molar-refractivity contribution in [3.63, 3.8) is 0 Å². The van der Waals surface area contributed by atoms with E-state index in [1.165, 1.54) is 29.2 Å². The second-order valence-electron chi connectivity index (χ2n) is 4.24. The Hall–Kier alpha value is -1.65. The van der Waals surface area contributed by atoms with Gasteiger partial charge < -0.3 is 10.0 Å². The summed E-state index contributed by atoms with van der Waals surface area (Å²) in [6.45, 7) is 0.340. The van der Waals surface area contributed by atoms with Crippen LogP contribution < -0.4 is 0 Å². The Morgan fingerprint density at radius 2 is 1.76 bits per heavy atom. The maximum absolute atomic E-state index is 14.5. The number of nitrogens with zero attached hydrogens (tertiary/aromatic N) is 1. The second-order valence-corrected chi connectivity index (χ2v) is 4.24. The molecule has 92 valence electrons. The summed E-state index contributed by atoms with van der Waals surface area (Å²) in [5.41, 5.74) is -1.12. The Kier molecular flexibility index (Phi) is 3.00. The van der Waals surface area contributed by atoms with E-state index < -0.39 is 17.6 Å². The third kappa shape index (κ3) is 2.38. The van der Waals surface area contributed by atoms with Gasteiger partial charge in [-0.05, 0) is 17.7 Å². The summed E-state index contributed by atoms with van der Waals surface area (Å²) in [4.78, 5) is 11.9. The number of carbonyl (C=O) groups is 1. The highest BCUT2D eigenvalue weighted by Crippen LogP contribution is 2.36. The molecular formula is C12H13F2NO2. The monoisotopic (exact) mass is 241 g/mol. The number of rotatable bonds is 1. The standard InChI is InChI=1S/C12H13F2NO2/c13-10-3-1-9(2-4-10)12(14)5-7-15(8-6-12)11(16)17/h1-4H,5-8H2,(H,16,17). The number of hydrogen-bond acceptors (Lipinski definition) is 1. The molecule has 1 aliphatic rings. The molecule has 1 heterocycles. The summed E-state index contributed by atoms with van der Waals surface area (Å²) in [6, 6.07) is 5.29. The number of halogens is 2. The first-order valence-corrected chi connectivity index (χ1v) is 5.44. The van der Waals surface area contributed by atoms with Crippen LogP contribution in [-0.2, 0) is 5.67 Å². The number of amides is 1. The first-order valence-electron chi connectivity index (χ1n) is 5.44. The van der Waals surface area contributed by atoms with Crippen molar-refractivity contribution in [2.24, 2.45) is 0 Å². The molecule has 0 unspecified atom stereocenters. The fourth-order valence-electron chi connectivity index (χ4n) is 2.09. The average Bonchev–Trinajstić information content (AvgIpc) is 2.30. The van der Waals surface area contributed by atoms with Gasteiger partial charge in [-0.25, -0.2) is 13.6 Å². The highest BCUT2D eigenvalue weighted by molar-refractivity contribution is 5.65. The molecule has 17 heavy (non-hydrogen) atoms. The number of likely N-dealkylation sites (tertiary alicyclic amines) is 1. The first kappa shape index (κ1) is 11.8. The van der Waals surface area contributed by atoms with E-state index in [0.717, 1.165) is 0 Å². The van der Waals surface area contributed by atoms with Gasteiger partial charge in [0.15, 0.2) is 0 Å². The van der Waals surface area contributed by atoms with Crippen molar-refractivity contribution < 1.29 is 18.7 Å². The van der Waals surface area contributed by atoms with Gasteiger partial charge >= 0.3 is 6.09 Å². The van der Waals surface area contributed by atoms with E-state index in [1.54, 1.807) is 0 Å². The summed E-state index contributed by atoms with van der Waals surface area (Å²) in [7, 11) is 0. The van der Waals surface area contributed by atoms with E-state index in [1.807, 2.05) is 0 Å². The van der Waals surface area contributed by atoms with Crippen LogP contribution in [0.1, 0.15) is 18.4 Å². The van der Waals surface area contributed by atoms with Gasteiger partial charge in [-0.15, -0.1) is 0 Å². The molecule has 0 aromatic heterocycles. The van der Waals surface area contributed by atoms with E-state index >= 15 is 0 Å². The van der Waals surface area contributed by atoms with Crippen molar-refractivity contribution in [1.29, 1.82) is 0 Å². The van der Waals surface area contributed by atoms with Crippen LogP contribution in [0.2, 0.25) is 0 Å². The zero-order chi connectivity index (χ0) is 12.5. The molecule has 1 aromatic carbocycles. The first-order chi connectivity index (χ1) is 8.01. The predicted molar refractivity (Wildman–Crippen MR) is 58.0 cm³/mol. The van der Waals surface area contributed by atoms with Gasteiger partial charge in [0.1, 0.15) is 11.5 Å². The van der Waals surface area contributed by atoms with Gasteiger partial charge in [-0.2, -0.15) is 0 Å².